The summed E-state index contributed by atoms with van der Waals surface area (Å²) in [5.74, 6) is 0.944. The van der Waals surface area contributed by atoms with Crippen molar-refractivity contribution in [3.05, 3.63) is 60.6 Å². The topological polar surface area (TPSA) is 33.6 Å². The van der Waals surface area contributed by atoms with Crippen molar-refractivity contribution in [2.24, 2.45) is 0 Å². The molecular formula is C14H13N3. The molecule has 3 nitrogen and oxygen atoms in total. The van der Waals surface area contributed by atoms with Crippen molar-refractivity contribution in [3.8, 4) is 17.2 Å². The summed E-state index contributed by atoms with van der Waals surface area (Å²) in [5, 5.41) is 0. The van der Waals surface area contributed by atoms with Gasteiger partial charge in [-0.3, -0.25) is 4.57 Å². The Hall–Kier alpha value is -2.29. The fourth-order valence-electron chi connectivity index (χ4n) is 1.95. The van der Waals surface area contributed by atoms with E-state index in [0.29, 0.717) is 0 Å². The number of aromatic amines is 1. The van der Waals surface area contributed by atoms with E-state index in [1.54, 1.807) is 0 Å². The molecule has 3 aromatic rings. The van der Waals surface area contributed by atoms with Crippen molar-refractivity contribution in [3.63, 3.8) is 0 Å². The van der Waals surface area contributed by atoms with E-state index in [9.17, 15) is 0 Å². The lowest BCUT2D eigenvalue weighted by Crippen LogP contribution is -1.98. The van der Waals surface area contributed by atoms with Crippen LogP contribution in [0, 0.1) is 6.92 Å². The highest BCUT2D eigenvalue weighted by Gasteiger charge is 2.06. The van der Waals surface area contributed by atoms with Crippen LogP contribution in [0.15, 0.2) is 54.9 Å². The lowest BCUT2D eigenvalue weighted by Gasteiger charge is -2.07. The maximum Gasteiger partial charge on any atom is 0.137 e. The highest BCUT2D eigenvalue weighted by molar-refractivity contribution is 5.58. The average Bonchev–Trinajstić information content (AvgIpc) is 3.00. The Labute approximate surface area is 99.8 Å². The van der Waals surface area contributed by atoms with Crippen LogP contribution in [-0.2, 0) is 0 Å². The molecule has 0 saturated carbocycles. The first-order valence-electron chi connectivity index (χ1n) is 5.60. The van der Waals surface area contributed by atoms with E-state index < -0.39 is 0 Å². The van der Waals surface area contributed by atoms with E-state index in [1.807, 2.05) is 49.6 Å². The highest BCUT2D eigenvalue weighted by atomic mass is 15.1. The summed E-state index contributed by atoms with van der Waals surface area (Å²) in [6.45, 7) is 2.00. The van der Waals surface area contributed by atoms with E-state index >= 15 is 0 Å². The first-order valence-corrected chi connectivity index (χ1v) is 5.60. The predicted molar refractivity (Wildman–Crippen MR) is 68.1 cm³/mol. The Morgan fingerprint density at radius 3 is 2.76 bits per heavy atom. The molecule has 1 N–H and O–H groups in total. The predicted octanol–water partition coefficient (Wildman–Crippen LogP) is 3.18. The first kappa shape index (κ1) is 9.90. The molecule has 0 atom stereocenters. The number of pyridine rings is 1. The molecule has 0 unspecified atom stereocenters. The second kappa shape index (κ2) is 3.94. The van der Waals surface area contributed by atoms with E-state index in [4.69, 9.17) is 0 Å². The third-order valence-electron chi connectivity index (χ3n) is 2.74. The summed E-state index contributed by atoms with van der Waals surface area (Å²) >= 11 is 0. The summed E-state index contributed by atoms with van der Waals surface area (Å²) in [4.78, 5) is 7.75. The van der Waals surface area contributed by atoms with Crippen LogP contribution in [0.4, 0.5) is 0 Å². The number of aryl methyl sites for hydroxylation is 1. The number of rotatable bonds is 2. The maximum absolute atomic E-state index is 4.54. The van der Waals surface area contributed by atoms with Crippen LogP contribution in [0.25, 0.3) is 17.2 Å². The van der Waals surface area contributed by atoms with Crippen LogP contribution in [0.3, 0.4) is 0 Å². The van der Waals surface area contributed by atoms with E-state index in [-0.39, 0.29) is 0 Å². The molecule has 3 rings (SSSR count). The second-order valence-corrected chi connectivity index (χ2v) is 3.98. The summed E-state index contributed by atoms with van der Waals surface area (Å²) in [5.41, 5.74) is 3.24. The van der Waals surface area contributed by atoms with Gasteiger partial charge in [0.25, 0.3) is 0 Å². The third kappa shape index (κ3) is 1.76. The molecular weight excluding hydrogens is 210 g/mol. The van der Waals surface area contributed by atoms with Gasteiger partial charge in [-0.05, 0) is 43.3 Å². The molecule has 0 aliphatic carbocycles. The molecule has 84 valence electrons. The van der Waals surface area contributed by atoms with Gasteiger partial charge < -0.3 is 4.98 Å². The Kier molecular flexibility index (Phi) is 2.29. The zero-order chi connectivity index (χ0) is 11.7. The molecule has 0 amide bonds. The van der Waals surface area contributed by atoms with Crippen LogP contribution in [0.5, 0.6) is 0 Å². The number of nitrogens with zero attached hydrogens (tertiary/aromatic N) is 2. The van der Waals surface area contributed by atoms with Crippen LogP contribution < -0.4 is 0 Å². The highest BCUT2D eigenvalue weighted by Crippen LogP contribution is 2.21. The normalized spacial score (nSPS) is 10.6. The lowest BCUT2D eigenvalue weighted by molar-refractivity contribution is 0.990. The number of hydrogen-bond acceptors (Lipinski definition) is 1. The minimum atomic E-state index is 0.944. The van der Waals surface area contributed by atoms with Crippen molar-refractivity contribution < 1.29 is 0 Å². The monoisotopic (exact) mass is 223 g/mol. The van der Waals surface area contributed by atoms with Crippen molar-refractivity contribution in [2.75, 3.05) is 0 Å². The zero-order valence-corrected chi connectivity index (χ0v) is 9.59. The van der Waals surface area contributed by atoms with Gasteiger partial charge >= 0.3 is 0 Å². The maximum atomic E-state index is 4.54. The van der Waals surface area contributed by atoms with Gasteiger partial charge in [-0.15, -0.1) is 0 Å². The van der Waals surface area contributed by atoms with Gasteiger partial charge in [0.15, 0.2) is 0 Å². The molecule has 0 spiro atoms. The van der Waals surface area contributed by atoms with Crippen LogP contribution in [0.2, 0.25) is 0 Å². The van der Waals surface area contributed by atoms with Gasteiger partial charge in [0.2, 0.25) is 0 Å². The lowest BCUT2D eigenvalue weighted by atomic mass is 10.3. The van der Waals surface area contributed by atoms with Crippen molar-refractivity contribution in [2.45, 2.75) is 6.92 Å². The summed E-state index contributed by atoms with van der Waals surface area (Å²) in [7, 11) is 0. The Balaban J connectivity index is 2.14. The minimum Gasteiger partial charge on any atom is -0.360 e. The standard InChI is InChI=1S/C14H13N3/c1-11-5-2-8-14(16-11)17-10-4-7-13(17)12-6-3-9-15-12/h2-10,15H,1H3. The van der Waals surface area contributed by atoms with Crippen molar-refractivity contribution in [1.29, 1.82) is 0 Å². The summed E-state index contributed by atoms with van der Waals surface area (Å²) in [6.07, 6.45) is 3.95. The van der Waals surface area contributed by atoms with E-state index in [2.05, 4.69) is 26.7 Å². The molecule has 17 heavy (non-hydrogen) atoms. The first-order chi connectivity index (χ1) is 8.34. The van der Waals surface area contributed by atoms with Gasteiger partial charge in [-0.1, -0.05) is 6.07 Å². The van der Waals surface area contributed by atoms with Gasteiger partial charge in [0, 0.05) is 18.1 Å². The second-order valence-electron chi connectivity index (χ2n) is 3.98. The number of nitrogens with one attached hydrogen (secondary N) is 1. The number of hydrogen-bond donors (Lipinski definition) is 1. The Morgan fingerprint density at radius 2 is 2.00 bits per heavy atom. The molecule has 0 bridgehead atoms. The third-order valence-corrected chi connectivity index (χ3v) is 2.74. The molecule has 3 heterocycles. The fraction of sp³-hybridized carbons (Fsp3) is 0.0714. The van der Waals surface area contributed by atoms with Crippen LogP contribution >= 0.6 is 0 Å². The zero-order valence-electron chi connectivity index (χ0n) is 9.59. The van der Waals surface area contributed by atoms with E-state index in [1.165, 1.54) is 0 Å². The van der Waals surface area contributed by atoms with Crippen molar-refractivity contribution >= 4 is 0 Å². The molecule has 0 aliphatic rings. The van der Waals surface area contributed by atoms with E-state index in [0.717, 1.165) is 22.9 Å². The number of H-pyrrole nitrogens is 1. The van der Waals surface area contributed by atoms with Gasteiger partial charge in [-0.2, -0.15) is 0 Å². The molecule has 0 saturated heterocycles. The smallest absolute Gasteiger partial charge is 0.137 e. The molecule has 0 aromatic carbocycles. The Morgan fingerprint density at radius 1 is 1.06 bits per heavy atom. The minimum absolute atomic E-state index is 0.944. The summed E-state index contributed by atoms with van der Waals surface area (Å²) < 4.78 is 2.08. The molecule has 3 heteroatoms. The average molecular weight is 223 g/mol. The fourth-order valence-corrected chi connectivity index (χ4v) is 1.95. The largest absolute Gasteiger partial charge is 0.360 e. The van der Waals surface area contributed by atoms with Gasteiger partial charge in [0.05, 0.1) is 11.4 Å². The summed E-state index contributed by atoms with van der Waals surface area (Å²) in [6, 6.07) is 14.2. The van der Waals surface area contributed by atoms with Crippen LogP contribution in [0.1, 0.15) is 5.69 Å². The SMILES string of the molecule is Cc1cccc(-n2cccc2-c2ccc[nH]2)n1. The number of aromatic nitrogens is 3. The quantitative estimate of drug-likeness (QED) is 0.711. The van der Waals surface area contributed by atoms with Crippen LogP contribution in [-0.4, -0.2) is 14.5 Å². The molecule has 0 radical (unpaired) electrons. The van der Waals surface area contributed by atoms with Gasteiger partial charge in [0.1, 0.15) is 5.82 Å². The van der Waals surface area contributed by atoms with Crippen molar-refractivity contribution in [1.82, 2.24) is 14.5 Å². The molecule has 3 aromatic heterocycles. The Bertz CT molecular complexity index is 620. The molecule has 0 aliphatic heterocycles. The molecule has 0 fully saturated rings. The van der Waals surface area contributed by atoms with Gasteiger partial charge in [-0.25, -0.2) is 4.98 Å².